The fourth-order valence-electron chi connectivity index (χ4n) is 3.33. The van der Waals surface area contributed by atoms with Gasteiger partial charge >= 0.3 is 6.03 Å². The molecule has 0 saturated heterocycles. The van der Waals surface area contributed by atoms with Crippen molar-refractivity contribution in [2.24, 2.45) is 17.6 Å². The molecule has 0 heterocycles. The molecule has 0 rings (SSSR count). The lowest BCUT2D eigenvalue weighted by molar-refractivity contribution is -0.132. The molecule has 0 spiro atoms. The molecule has 7 nitrogen and oxygen atoms in total. The molecule has 2 atom stereocenters. The summed E-state index contributed by atoms with van der Waals surface area (Å²) in [6.07, 6.45) is 7.15. The van der Waals surface area contributed by atoms with Crippen LogP contribution in [0.2, 0.25) is 0 Å². The predicted octanol–water partition coefficient (Wildman–Crippen LogP) is 2.73. The largest absolute Gasteiger partial charge is 0.352 e. The number of hydrogen-bond donors (Lipinski definition) is 4. The van der Waals surface area contributed by atoms with E-state index >= 15 is 0 Å². The molecule has 3 amide bonds. The Hall–Kier alpha value is -1.63. The Morgan fingerprint density at radius 1 is 0.929 bits per heavy atom. The third-order valence-corrected chi connectivity index (χ3v) is 5.12. The number of ketones is 1. The van der Waals surface area contributed by atoms with Gasteiger partial charge in [0, 0.05) is 12.5 Å². The van der Waals surface area contributed by atoms with Crippen LogP contribution in [-0.2, 0) is 9.59 Å². The summed E-state index contributed by atoms with van der Waals surface area (Å²) in [6, 6.07) is -1.44. The number of amides is 3. The molecule has 0 aliphatic rings. The minimum Gasteiger partial charge on any atom is -0.352 e. The molecule has 0 aliphatic heterocycles. The summed E-state index contributed by atoms with van der Waals surface area (Å²) in [5.74, 6) is 0.0468. The van der Waals surface area contributed by atoms with Crippen LogP contribution in [0.25, 0.3) is 0 Å². The molecule has 0 aromatic heterocycles. The second kappa shape index (κ2) is 15.3. The van der Waals surface area contributed by atoms with E-state index < -0.39 is 18.1 Å². The van der Waals surface area contributed by atoms with Crippen molar-refractivity contribution in [2.75, 3.05) is 13.6 Å². The first-order valence-corrected chi connectivity index (χ1v) is 10.8. The summed E-state index contributed by atoms with van der Waals surface area (Å²) in [5, 5.41) is 8.51. The monoisotopic (exact) mass is 398 g/mol. The zero-order chi connectivity index (χ0) is 21.5. The second-order valence-corrected chi connectivity index (χ2v) is 7.89. The number of nitrogens with two attached hydrogens (primary N) is 1. The summed E-state index contributed by atoms with van der Waals surface area (Å²) in [5.41, 5.74) is 5.05. The van der Waals surface area contributed by atoms with Crippen LogP contribution in [0.3, 0.4) is 0 Å². The fourth-order valence-corrected chi connectivity index (χ4v) is 3.33. The van der Waals surface area contributed by atoms with Gasteiger partial charge in [-0.2, -0.15) is 0 Å². The van der Waals surface area contributed by atoms with Crippen LogP contribution in [-0.4, -0.2) is 43.4 Å². The molecule has 164 valence electrons. The SMILES string of the molecule is CCCCC(CCCC)C(=O)C(NC(=O)[C@H](CCCNC(N)=O)NC)C(C)C. The van der Waals surface area contributed by atoms with Gasteiger partial charge in [0.2, 0.25) is 5.91 Å². The number of nitrogens with one attached hydrogen (secondary N) is 3. The highest BCUT2D eigenvalue weighted by molar-refractivity contribution is 5.92. The first-order chi connectivity index (χ1) is 13.3. The Morgan fingerprint density at radius 3 is 1.93 bits per heavy atom. The van der Waals surface area contributed by atoms with Gasteiger partial charge in [0.25, 0.3) is 0 Å². The highest BCUT2D eigenvalue weighted by atomic mass is 16.2. The van der Waals surface area contributed by atoms with Crippen molar-refractivity contribution in [3.63, 3.8) is 0 Å². The highest BCUT2D eigenvalue weighted by Crippen LogP contribution is 2.21. The first-order valence-electron chi connectivity index (χ1n) is 10.8. The number of rotatable bonds is 16. The average molecular weight is 399 g/mol. The van der Waals surface area contributed by atoms with Gasteiger partial charge in [-0.15, -0.1) is 0 Å². The fraction of sp³-hybridized carbons (Fsp3) is 0.857. The van der Waals surface area contributed by atoms with E-state index in [0.29, 0.717) is 19.4 Å². The summed E-state index contributed by atoms with van der Waals surface area (Å²) in [6.45, 7) is 8.64. The molecule has 28 heavy (non-hydrogen) atoms. The van der Waals surface area contributed by atoms with Crippen LogP contribution < -0.4 is 21.7 Å². The molecular formula is C21H42N4O3. The molecule has 0 radical (unpaired) electrons. The van der Waals surface area contributed by atoms with Gasteiger partial charge < -0.3 is 21.7 Å². The Labute approximate surface area is 171 Å². The number of carbonyl (C=O) groups excluding carboxylic acids is 3. The lowest BCUT2D eigenvalue weighted by atomic mass is 9.84. The molecule has 0 aromatic carbocycles. The van der Waals surface area contributed by atoms with Gasteiger partial charge in [0.05, 0.1) is 12.1 Å². The van der Waals surface area contributed by atoms with Crippen LogP contribution >= 0.6 is 0 Å². The highest BCUT2D eigenvalue weighted by Gasteiger charge is 2.31. The molecule has 0 aromatic rings. The first kappa shape index (κ1) is 26.4. The molecule has 0 fully saturated rings. The number of Topliss-reactive ketones (excluding diaryl/α,β-unsaturated/α-hetero) is 1. The molecule has 0 bridgehead atoms. The standard InChI is InChI=1S/C21H42N4O3/c1-6-8-11-16(12-9-7-2)19(26)18(15(3)4)25-20(27)17(23-5)13-10-14-24-21(22)28/h15-18,23H,6-14H2,1-5H3,(H,25,27)(H3,22,24,28)/t17-,18?/m0/s1. The quantitative estimate of drug-likeness (QED) is 0.299. The minimum absolute atomic E-state index is 0.0143. The van der Waals surface area contributed by atoms with E-state index in [9.17, 15) is 14.4 Å². The molecule has 5 N–H and O–H groups in total. The minimum atomic E-state index is -0.568. The van der Waals surface area contributed by atoms with E-state index in [1.165, 1.54) is 0 Å². The lowest BCUT2D eigenvalue weighted by Gasteiger charge is -2.28. The summed E-state index contributed by atoms with van der Waals surface area (Å²) in [7, 11) is 1.73. The van der Waals surface area contributed by atoms with E-state index in [0.717, 1.165) is 38.5 Å². The van der Waals surface area contributed by atoms with Crippen molar-refractivity contribution in [2.45, 2.75) is 91.1 Å². The maximum Gasteiger partial charge on any atom is 0.312 e. The van der Waals surface area contributed by atoms with E-state index in [-0.39, 0.29) is 23.5 Å². The van der Waals surface area contributed by atoms with E-state index in [4.69, 9.17) is 5.73 Å². The molecule has 1 unspecified atom stereocenters. The van der Waals surface area contributed by atoms with Crippen LogP contribution in [0.4, 0.5) is 4.79 Å². The summed E-state index contributed by atoms with van der Waals surface area (Å²) < 4.78 is 0. The van der Waals surface area contributed by atoms with Gasteiger partial charge in [-0.05, 0) is 38.6 Å². The molecule has 0 saturated carbocycles. The summed E-state index contributed by atoms with van der Waals surface area (Å²) >= 11 is 0. The van der Waals surface area contributed by atoms with Gasteiger partial charge in [-0.1, -0.05) is 53.4 Å². The maximum atomic E-state index is 13.2. The normalized spacial score (nSPS) is 13.4. The number of primary amides is 1. The van der Waals surface area contributed by atoms with Crippen LogP contribution in [0.5, 0.6) is 0 Å². The summed E-state index contributed by atoms with van der Waals surface area (Å²) in [4.78, 5) is 36.7. The number of likely N-dealkylation sites (N-methyl/N-ethyl adjacent to an activating group) is 1. The Kier molecular flexibility index (Phi) is 14.4. The van der Waals surface area contributed by atoms with Gasteiger partial charge in [-0.3, -0.25) is 9.59 Å². The van der Waals surface area contributed by atoms with E-state index in [2.05, 4.69) is 29.8 Å². The predicted molar refractivity (Wildman–Crippen MR) is 114 cm³/mol. The van der Waals surface area contributed by atoms with Crippen molar-refractivity contribution >= 4 is 17.7 Å². The van der Waals surface area contributed by atoms with Crippen LogP contribution in [0.1, 0.15) is 79.1 Å². The van der Waals surface area contributed by atoms with Gasteiger partial charge in [0.1, 0.15) is 0 Å². The van der Waals surface area contributed by atoms with Gasteiger partial charge in [0.15, 0.2) is 5.78 Å². The Bertz CT molecular complexity index is 461. The zero-order valence-electron chi connectivity index (χ0n) is 18.5. The molecule has 7 heteroatoms. The number of hydrogen-bond acceptors (Lipinski definition) is 4. The van der Waals surface area contributed by atoms with Crippen molar-refractivity contribution < 1.29 is 14.4 Å². The topological polar surface area (TPSA) is 113 Å². The third-order valence-electron chi connectivity index (χ3n) is 5.12. The lowest BCUT2D eigenvalue weighted by Crippen LogP contribution is -2.52. The maximum absolute atomic E-state index is 13.2. The molecule has 0 aliphatic carbocycles. The van der Waals surface area contributed by atoms with E-state index in [1.807, 2.05) is 13.8 Å². The Morgan fingerprint density at radius 2 is 1.50 bits per heavy atom. The smallest absolute Gasteiger partial charge is 0.312 e. The zero-order valence-corrected chi connectivity index (χ0v) is 18.5. The average Bonchev–Trinajstić information content (AvgIpc) is 2.65. The van der Waals surface area contributed by atoms with Crippen LogP contribution in [0.15, 0.2) is 0 Å². The van der Waals surface area contributed by atoms with Gasteiger partial charge in [-0.25, -0.2) is 4.79 Å². The number of urea groups is 1. The van der Waals surface area contributed by atoms with Crippen molar-refractivity contribution in [1.82, 2.24) is 16.0 Å². The Balaban J connectivity index is 4.95. The second-order valence-electron chi connectivity index (χ2n) is 7.89. The van der Waals surface area contributed by atoms with Crippen LogP contribution in [0, 0.1) is 11.8 Å². The molecular weight excluding hydrogens is 356 g/mol. The van der Waals surface area contributed by atoms with E-state index in [1.54, 1.807) is 7.05 Å². The third kappa shape index (κ3) is 10.6. The van der Waals surface area contributed by atoms with Crippen molar-refractivity contribution in [3.8, 4) is 0 Å². The van der Waals surface area contributed by atoms with Crippen molar-refractivity contribution in [3.05, 3.63) is 0 Å². The van der Waals surface area contributed by atoms with Crippen molar-refractivity contribution in [1.29, 1.82) is 0 Å². The number of carbonyl (C=O) groups is 3. The number of unbranched alkanes of at least 4 members (excludes halogenated alkanes) is 2.